The molecule has 2 aliphatic rings. The molecule has 0 spiro atoms. The molecule has 1 N–H and O–H groups in total. The zero-order valence-corrected chi connectivity index (χ0v) is 13.4. The lowest BCUT2D eigenvalue weighted by molar-refractivity contribution is -0.151. The SMILES string of the molecule is CCCNC1(C(=O)OCC)CCC(OCC2CCCO2)C1. The lowest BCUT2D eigenvalue weighted by Crippen LogP contribution is -2.51. The number of esters is 1. The lowest BCUT2D eigenvalue weighted by atomic mass is 9.97. The Kier molecular flexibility index (Phi) is 6.45. The van der Waals surface area contributed by atoms with E-state index in [0.717, 1.165) is 45.3 Å². The molecule has 0 aromatic carbocycles. The Hall–Kier alpha value is -0.650. The van der Waals surface area contributed by atoms with Crippen LogP contribution in [0.2, 0.25) is 0 Å². The van der Waals surface area contributed by atoms with Gasteiger partial charge < -0.3 is 19.5 Å². The van der Waals surface area contributed by atoms with Gasteiger partial charge in [-0.15, -0.1) is 0 Å². The number of rotatable bonds is 8. The van der Waals surface area contributed by atoms with E-state index < -0.39 is 5.54 Å². The fourth-order valence-electron chi connectivity index (χ4n) is 3.21. The van der Waals surface area contributed by atoms with Crippen molar-refractivity contribution in [2.75, 3.05) is 26.4 Å². The van der Waals surface area contributed by atoms with E-state index in [1.165, 1.54) is 0 Å². The molecular formula is C16H29NO4. The van der Waals surface area contributed by atoms with Gasteiger partial charge in [0, 0.05) is 13.0 Å². The summed E-state index contributed by atoms with van der Waals surface area (Å²) in [4.78, 5) is 12.3. The summed E-state index contributed by atoms with van der Waals surface area (Å²) in [7, 11) is 0. The van der Waals surface area contributed by atoms with Crippen molar-refractivity contribution in [1.82, 2.24) is 5.32 Å². The number of carbonyl (C=O) groups excluding carboxylic acids is 1. The first-order chi connectivity index (χ1) is 10.2. The van der Waals surface area contributed by atoms with Gasteiger partial charge in [-0.3, -0.25) is 4.79 Å². The van der Waals surface area contributed by atoms with Crippen molar-refractivity contribution in [3.05, 3.63) is 0 Å². The molecule has 0 aromatic rings. The molecule has 5 heteroatoms. The van der Waals surface area contributed by atoms with Crippen molar-refractivity contribution in [1.29, 1.82) is 0 Å². The molecule has 2 rings (SSSR count). The van der Waals surface area contributed by atoms with Crippen LogP contribution in [0.15, 0.2) is 0 Å². The summed E-state index contributed by atoms with van der Waals surface area (Å²) in [5.74, 6) is -0.123. The molecule has 1 saturated heterocycles. The lowest BCUT2D eigenvalue weighted by Gasteiger charge is -2.28. The molecule has 1 saturated carbocycles. The first-order valence-electron chi connectivity index (χ1n) is 8.35. The average molecular weight is 299 g/mol. The normalized spacial score (nSPS) is 32.5. The fourth-order valence-corrected chi connectivity index (χ4v) is 3.21. The first kappa shape index (κ1) is 16.7. The first-order valence-corrected chi connectivity index (χ1v) is 8.35. The van der Waals surface area contributed by atoms with E-state index in [-0.39, 0.29) is 18.2 Å². The van der Waals surface area contributed by atoms with Crippen LogP contribution in [-0.4, -0.2) is 50.1 Å². The van der Waals surface area contributed by atoms with E-state index in [0.29, 0.717) is 19.6 Å². The van der Waals surface area contributed by atoms with Gasteiger partial charge in [0.1, 0.15) is 5.54 Å². The number of hydrogen-bond acceptors (Lipinski definition) is 5. The Morgan fingerprint density at radius 1 is 1.38 bits per heavy atom. The Labute approximate surface area is 127 Å². The topological polar surface area (TPSA) is 56.8 Å². The van der Waals surface area contributed by atoms with Crippen LogP contribution in [0.3, 0.4) is 0 Å². The van der Waals surface area contributed by atoms with E-state index in [1.807, 2.05) is 6.92 Å². The van der Waals surface area contributed by atoms with Gasteiger partial charge in [-0.05, 0) is 45.6 Å². The van der Waals surface area contributed by atoms with Crippen molar-refractivity contribution in [2.24, 2.45) is 0 Å². The van der Waals surface area contributed by atoms with Crippen LogP contribution in [0.5, 0.6) is 0 Å². The van der Waals surface area contributed by atoms with Gasteiger partial charge >= 0.3 is 5.97 Å². The monoisotopic (exact) mass is 299 g/mol. The molecule has 3 atom stereocenters. The highest BCUT2D eigenvalue weighted by molar-refractivity contribution is 5.81. The molecule has 0 radical (unpaired) electrons. The third-order valence-corrected chi connectivity index (χ3v) is 4.39. The van der Waals surface area contributed by atoms with Crippen LogP contribution in [0.25, 0.3) is 0 Å². The van der Waals surface area contributed by atoms with Gasteiger partial charge in [0.05, 0.1) is 25.4 Å². The Bertz CT molecular complexity index is 330. The average Bonchev–Trinajstić information content (AvgIpc) is 3.13. The van der Waals surface area contributed by atoms with Crippen LogP contribution in [-0.2, 0) is 19.0 Å². The van der Waals surface area contributed by atoms with Gasteiger partial charge in [-0.1, -0.05) is 6.92 Å². The van der Waals surface area contributed by atoms with Crippen LogP contribution >= 0.6 is 0 Å². The molecule has 5 nitrogen and oxygen atoms in total. The van der Waals surface area contributed by atoms with E-state index in [1.54, 1.807) is 0 Å². The van der Waals surface area contributed by atoms with Gasteiger partial charge in [0.15, 0.2) is 0 Å². The second-order valence-electron chi connectivity index (χ2n) is 6.06. The zero-order chi connectivity index (χ0) is 15.1. The molecule has 3 unspecified atom stereocenters. The minimum atomic E-state index is -0.548. The smallest absolute Gasteiger partial charge is 0.326 e. The van der Waals surface area contributed by atoms with Gasteiger partial charge in [-0.2, -0.15) is 0 Å². The van der Waals surface area contributed by atoms with E-state index in [4.69, 9.17) is 14.2 Å². The van der Waals surface area contributed by atoms with Crippen molar-refractivity contribution in [3.63, 3.8) is 0 Å². The minimum Gasteiger partial charge on any atom is -0.465 e. The van der Waals surface area contributed by atoms with Gasteiger partial charge in [0.2, 0.25) is 0 Å². The fraction of sp³-hybridized carbons (Fsp3) is 0.938. The van der Waals surface area contributed by atoms with Gasteiger partial charge in [0.25, 0.3) is 0 Å². The van der Waals surface area contributed by atoms with Crippen molar-refractivity contribution in [3.8, 4) is 0 Å². The molecule has 122 valence electrons. The Morgan fingerprint density at radius 3 is 2.90 bits per heavy atom. The highest BCUT2D eigenvalue weighted by Gasteiger charge is 2.46. The molecule has 21 heavy (non-hydrogen) atoms. The van der Waals surface area contributed by atoms with Crippen LogP contribution in [0, 0.1) is 0 Å². The number of ether oxygens (including phenoxy) is 3. The maximum Gasteiger partial charge on any atom is 0.326 e. The summed E-state index contributed by atoms with van der Waals surface area (Å²) in [6.45, 7) is 6.71. The highest BCUT2D eigenvalue weighted by Crippen LogP contribution is 2.33. The summed E-state index contributed by atoms with van der Waals surface area (Å²) in [6.07, 6.45) is 5.99. The Balaban J connectivity index is 1.85. The summed E-state index contributed by atoms with van der Waals surface area (Å²) in [5, 5.41) is 3.40. The molecule has 1 heterocycles. The molecule has 0 aromatic heterocycles. The predicted molar refractivity (Wildman–Crippen MR) is 80.2 cm³/mol. The van der Waals surface area contributed by atoms with E-state index in [2.05, 4.69) is 12.2 Å². The van der Waals surface area contributed by atoms with E-state index in [9.17, 15) is 4.79 Å². The van der Waals surface area contributed by atoms with Gasteiger partial charge in [-0.25, -0.2) is 0 Å². The standard InChI is InChI=1S/C16H29NO4/c1-3-9-17-16(15(18)19-4-2)8-7-13(11-16)21-12-14-6-5-10-20-14/h13-14,17H,3-12H2,1-2H3. The summed E-state index contributed by atoms with van der Waals surface area (Å²) < 4.78 is 16.8. The number of nitrogens with one attached hydrogen (secondary N) is 1. The quantitative estimate of drug-likeness (QED) is 0.695. The van der Waals surface area contributed by atoms with E-state index >= 15 is 0 Å². The maximum atomic E-state index is 12.3. The molecule has 0 bridgehead atoms. The van der Waals surface area contributed by atoms with Crippen molar-refractivity contribution >= 4 is 5.97 Å². The maximum absolute atomic E-state index is 12.3. The van der Waals surface area contributed by atoms with Crippen molar-refractivity contribution < 1.29 is 19.0 Å². The molecule has 1 aliphatic heterocycles. The number of hydrogen-bond donors (Lipinski definition) is 1. The highest BCUT2D eigenvalue weighted by atomic mass is 16.5. The second-order valence-corrected chi connectivity index (χ2v) is 6.06. The number of carbonyl (C=O) groups is 1. The third kappa shape index (κ3) is 4.41. The second kappa shape index (κ2) is 8.11. The molecule has 1 aliphatic carbocycles. The molecule has 2 fully saturated rings. The van der Waals surface area contributed by atoms with Crippen LogP contribution in [0.1, 0.15) is 52.4 Å². The Morgan fingerprint density at radius 2 is 2.24 bits per heavy atom. The minimum absolute atomic E-state index is 0.123. The van der Waals surface area contributed by atoms with Crippen molar-refractivity contribution in [2.45, 2.75) is 70.1 Å². The van der Waals surface area contributed by atoms with Crippen LogP contribution < -0.4 is 5.32 Å². The molecular weight excluding hydrogens is 270 g/mol. The largest absolute Gasteiger partial charge is 0.465 e. The molecule has 0 amide bonds. The summed E-state index contributed by atoms with van der Waals surface area (Å²) in [5.41, 5.74) is -0.548. The zero-order valence-electron chi connectivity index (χ0n) is 13.4. The summed E-state index contributed by atoms with van der Waals surface area (Å²) >= 11 is 0. The van der Waals surface area contributed by atoms with Crippen LogP contribution in [0.4, 0.5) is 0 Å². The third-order valence-electron chi connectivity index (χ3n) is 4.39. The summed E-state index contributed by atoms with van der Waals surface area (Å²) in [6, 6.07) is 0. The predicted octanol–water partition coefficient (Wildman–Crippen LogP) is 2.04.